The van der Waals surface area contributed by atoms with Crippen LogP contribution < -0.4 is 5.32 Å². The SMILES string of the molecule is CCc1cc(NCC(=O)N2CCc3sccc3C2)nc(-c2ccncc2)n1. The van der Waals surface area contributed by atoms with Crippen molar-refractivity contribution < 1.29 is 4.79 Å². The van der Waals surface area contributed by atoms with Crippen LogP contribution in [0.2, 0.25) is 0 Å². The third-order valence-corrected chi connectivity index (χ3v) is 5.68. The Balaban J connectivity index is 1.45. The lowest BCUT2D eigenvalue weighted by Crippen LogP contribution is -2.38. The molecule has 1 aliphatic rings. The zero-order valence-corrected chi connectivity index (χ0v) is 16.0. The van der Waals surface area contributed by atoms with E-state index in [0.29, 0.717) is 18.2 Å². The lowest BCUT2D eigenvalue weighted by Gasteiger charge is -2.27. The van der Waals surface area contributed by atoms with Crippen molar-refractivity contribution in [2.75, 3.05) is 18.4 Å². The van der Waals surface area contributed by atoms with E-state index in [0.717, 1.165) is 30.6 Å². The summed E-state index contributed by atoms with van der Waals surface area (Å²) in [4.78, 5) is 29.1. The fourth-order valence-electron chi connectivity index (χ4n) is 3.14. The van der Waals surface area contributed by atoms with Crippen molar-refractivity contribution >= 4 is 23.1 Å². The standard InChI is InChI=1S/C20H21N5OS/c1-2-16-11-18(24-20(23-16)14-3-7-21-8-4-14)22-12-19(26)25-9-5-17-15(13-25)6-10-27-17/h3-4,6-8,10-11H,2,5,9,12-13H2,1H3,(H,22,23,24). The monoisotopic (exact) mass is 379 g/mol. The first-order valence-corrected chi connectivity index (χ1v) is 9.96. The van der Waals surface area contributed by atoms with E-state index in [-0.39, 0.29) is 12.5 Å². The molecule has 0 aromatic carbocycles. The third kappa shape index (κ3) is 3.98. The minimum atomic E-state index is 0.0916. The minimum Gasteiger partial charge on any atom is -0.361 e. The summed E-state index contributed by atoms with van der Waals surface area (Å²) in [7, 11) is 0. The lowest BCUT2D eigenvalue weighted by molar-refractivity contribution is -0.130. The van der Waals surface area contributed by atoms with Crippen LogP contribution in [0.25, 0.3) is 11.4 Å². The highest BCUT2D eigenvalue weighted by Gasteiger charge is 2.21. The Bertz CT molecular complexity index is 941. The molecule has 3 aromatic heterocycles. The van der Waals surface area contributed by atoms with Crippen LogP contribution >= 0.6 is 11.3 Å². The van der Waals surface area contributed by atoms with Crippen LogP contribution in [0.5, 0.6) is 0 Å². The first-order valence-electron chi connectivity index (χ1n) is 9.08. The number of hydrogen-bond acceptors (Lipinski definition) is 6. The number of amides is 1. The van der Waals surface area contributed by atoms with Crippen molar-refractivity contribution in [3.8, 4) is 11.4 Å². The third-order valence-electron chi connectivity index (χ3n) is 4.66. The second kappa shape index (κ2) is 7.84. The maximum Gasteiger partial charge on any atom is 0.242 e. The largest absolute Gasteiger partial charge is 0.361 e. The van der Waals surface area contributed by atoms with Crippen molar-refractivity contribution in [2.24, 2.45) is 0 Å². The Morgan fingerprint density at radius 3 is 2.93 bits per heavy atom. The normalized spacial score (nSPS) is 13.3. The molecule has 0 unspecified atom stereocenters. The van der Waals surface area contributed by atoms with Gasteiger partial charge < -0.3 is 10.2 Å². The highest BCUT2D eigenvalue weighted by molar-refractivity contribution is 7.10. The number of nitrogens with zero attached hydrogens (tertiary/aromatic N) is 4. The predicted molar refractivity (Wildman–Crippen MR) is 107 cm³/mol. The van der Waals surface area contributed by atoms with E-state index in [2.05, 4.69) is 38.6 Å². The molecule has 4 rings (SSSR count). The van der Waals surface area contributed by atoms with Gasteiger partial charge in [0.2, 0.25) is 5.91 Å². The van der Waals surface area contributed by atoms with Gasteiger partial charge in [-0.25, -0.2) is 9.97 Å². The van der Waals surface area contributed by atoms with Gasteiger partial charge in [0.1, 0.15) is 5.82 Å². The van der Waals surface area contributed by atoms with Crippen molar-refractivity contribution in [3.05, 3.63) is 58.2 Å². The molecule has 1 aliphatic heterocycles. The summed E-state index contributed by atoms with van der Waals surface area (Å²) in [6.45, 7) is 3.76. The van der Waals surface area contributed by atoms with Crippen molar-refractivity contribution in [3.63, 3.8) is 0 Å². The number of pyridine rings is 1. The summed E-state index contributed by atoms with van der Waals surface area (Å²) in [6.07, 6.45) is 5.20. The van der Waals surface area contributed by atoms with Gasteiger partial charge in [0, 0.05) is 47.7 Å². The van der Waals surface area contributed by atoms with Crippen LogP contribution in [0.1, 0.15) is 23.1 Å². The van der Waals surface area contributed by atoms with Gasteiger partial charge in [-0.15, -0.1) is 11.3 Å². The second-order valence-electron chi connectivity index (χ2n) is 6.45. The number of carbonyl (C=O) groups is 1. The maximum absolute atomic E-state index is 12.6. The van der Waals surface area contributed by atoms with E-state index in [1.165, 1.54) is 10.4 Å². The Hall–Kier alpha value is -2.80. The Labute approximate surface area is 162 Å². The van der Waals surface area contributed by atoms with Crippen LogP contribution in [0.4, 0.5) is 5.82 Å². The number of aryl methyl sites for hydroxylation is 1. The van der Waals surface area contributed by atoms with Crippen LogP contribution in [0.3, 0.4) is 0 Å². The van der Waals surface area contributed by atoms with Gasteiger partial charge in [-0.2, -0.15) is 0 Å². The van der Waals surface area contributed by atoms with Crippen molar-refractivity contribution in [1.29, 1.82) is 0 Å². The van der Waals surface area contributed by atoms with Crippen LogP contribution in [0, 0.1) is 0 Å². The fourth-order valence-corrected chi connectivity index (χ4v) is 4.03. The van der Waals surface area contributed by atoms with Gasteiger partial charge in [-0.3, -0.25) is 9.78 Å². The molecular formula is C20H21N5OS. The number of anilines is 1. The molecule has 3 aromatic rings. The number of fused-ring (bicyclic) bond motifs is 1. The number of nitrogens with one attached hydrogen (secondary N) is 1. The average Bonchev–Trinajstić information content (AvgIpc) is 3.20. The second-order valence-corrected chi connectivity index (χ2v) is 7.45. The average molecular weight is 379 g/mol. The van der Waals surface area contributed by atoms with E-state index in [4.69, 9.17) is 0 Å². The Morgan fingerprint density at radius 1 is 1.26 bits per heavy atom. The molecule has 0 saturated heterocycles. The quantitative estimate of drug-likeness (QED) is 0.737. The lowest BCUT2D eigenvalue weighted by atomic mass is 10.1. The van der Waals surface area contributed by atoms with Gasteiger partial charge in [0.05, 0.1) is 6.54 Å². The first-order chi connectivity index (χ1) is 13.2. The van der Waals surface area contributed by atoms with E-state index in [1.807, 2.05) is 23.1 Å². The molecule has 1 N–H and O–H groups in total. The summed E-state index contributed by atoms with van der Waals surface area (Å²) in [5.74, 6) is 1.41. The molecule has 138 valence electrons. The molecule has 0 atom stereocenters. The van der Waals surface area contributed by atoms with Crippen molar-refractivity contribution in [2.45, 2.75) is 26.3 Å². The highest BCUT2D eigenvalue weighted by atomic mass is 32.1. The number of carbonyl (C=O) groups excluding carboxylic acids is 1. The first kappa shape index (κ1) is 17.6. The molecule has 0 spiro atoms. The molecule has 0 bridgehead atoms. The number of aromatic nitrogens is 3. The zero-order valence-electron chi connectivity index (χ0n) is 15.2. The molecule has 1 amide bonds. The van der Waals surface area contributed by atoms with E-state index in [1.54, 1.807) is 23.7 Å². The molecule has 0 saturated carbocycles. The van der Waals surface area contributed by atoms with E-state index < -0.39 is 0 Å². The van der Waals surface area contributed by atoms with E-state index >= 15 is 0 Å². The predicted octanol–water partition coefficient (Wildman–Crippen LogP) is 3.16. The minimum absolute atomic E-state index is 0.0916. The van der Waals surface area contributed by atoms with Gasteiger partial charge in [0.25, 0.3) is 0 Å². The van der Waals surface area contributed by atoms with Gasteiger partial charge >= 0.3 is 0 Å². The zero-order chi connectivity index (χ0) is 18.6. The Morgan fingerprint density at radius 2 is 2.11 bits per heavy atom. The smallest absolute Gasteiger partial charge is 0.242 e. The van der Waals surface area contributed by atoms with Gasteiger partial charge in [-0.1, -0.05) is 6.92 Å². The molecule has 0 aliphatic carbocycles. The van der Waals surface area contributed by atoms with Crippen LogP contribution in [-0.2, 0) is 24.2 Å². The molecule has 6 nitrogen and oxygen atoms in total. The molecule has 4 heterocycles. The summed E-state index contributed by atoms with van der Waals surface area (Å²) < 4.78 is 0. The van der Waals surface area contributed by atoms with Crippen LogP contribution in [-0.4, -0.2) is 38.8 Å². The number of thiophene rings is 1. The topological polar surface area (TPSA) is 71.0 Å². The summed E-state index contributed by atoms with van der Waals surface area (Å²) >= 11 is 1.78. The number of hydrogen-bond donors (Lipinski definition) is 1. The summed E-state index contributed by atoms with van der Waals surface area (Å²) in [5, 5.41) is 5.29. The molecule has 0 radical (unpaired) electrons. The van der Waals surface area contributed by atoms with Gasteiger partial charge in [-0.05, 0) is 42.0 Å². The fraction of sp³-hybridized carbons (Fsp3) is 0.300. The summed E-state index contributed by atoms with van der Waals surface area (Å²) in [5.41, 5.74) is 3.12. The number of rotatable bonds is 5. The molecule has 27 heavy (non-hydrogen) atoms. The Kier molecular flexibility index (Phi) is 5.11. The van der Waals surface area contributed by atoms with E-state index in [9.17, 15) is 4.79 Å². The summed E-state index contributed by atoms with van der Waals surface area (Å²) in [6, 6.07) is 7.79. The molecule has 0 fully saturated rings. The maximum atomic E-state index is 12.6. The van der Waals surface area contributed by atoms with Crippen molar-refractivity contribution in [1.82, 2.24) is 19.9 Å². The van der Waals surface area contributed by atoms with Gasteiger partial charge in [0.15, 0.2) is 5.82 Å². The highest BCUT2D eigenvalue weighted by Crippen LogP contribution is 2.24. The van der Waals surface area contributed by atoms with Crippen LogP contribution in [0.15, 0.2) is 42.0 Å². The molecular weight excluding hydrogens is 358 g/mol. The molecule has 7 heteroatoms.